The highest BCUT2D eigenvalue weighted by molar-refractivity contribution is 5.96. The third-order valence-corrected chi connectivity index (χ3v) is 2.00. The highest BCUT2D eigenvalue weighted by Crippen LogP contribution is 2.11. The SMILES string of the molecule is CCC(=O)c1ccc(C)c(C#N)c1. The molecule has 0 saturated heterocycles. The van der Waals surface area contributed by atoms with E-state index >= 15 is 0 Å². The molecule has 0 aliphatic carbocycles. The Bertz CT molecular complexity index is 374. The van der Waals surface area contributed by atoms with Crippen molar-refractivity contribution >= 4 is 5.78 Å². The van der Waals surface area contributed by atoms with Crippen LogP contribution >= 0.6 is 0 Å². The van der Waals surface area contributed by atoms with E-state index in [1.54, 1.807) is 18.2 Å². The van der Waals surface area contributed by atoms with E-state index in [4.69, 9.17) is 5.26 Å². The Hall–Kier alpha value is -1.62. The highest BCUT2D eigenvalue weighted by Gasteiger charge is 2.05. The van der Waals surface area contributed by atoms with Gasteiger partial charge < -0.3 is 0 Å². The van der Waals surface area contributed by atoms with E-state index in [-0.39, 0.29) is 5.78 Å². The molecule has 0 aliphatic heterocycles. The Morgan fingerprint density at radius 3 is 2.77 bits per heavy atom. The van der Waals surface area contributed by atoms with Gasteiger partial charge in [-0.05, 0) is 18.6 Å². The number of hydrogen-bond acceptors (Lipinski definition) is 2. The van der Waals surface area contributed by atoms with Crippen LogP contribution in [0.1, 0.15) is 34.8 Å². The maximum absolute atomic E-state index is 11.3. The van der Waals surface area contributed by atoms with Crippen LogP contribution in [0.25, 0.3) is 0 Å². The maximum atomic E-state index is 11.3. The van der Waals surface area contributed by atoms with Crippen molar-refractivity contribution in [3.63, 3.8) is 0 Å². The van der Waals surface area contributed by atoms with Gasteiger partial charge in [0.2, 0.25) is 0 Å². The van der Waals surface area contributed by atoms with Gasteiger partial charge in [0.05, 0.1) is 11.6 Å². The molecule has 0 spiro atoms. The Morgan fingerprint density at radius 1 is 1.54 bits per heavy atom. The number of carbonyl (C=O) groups excluding carboxylic acids is 1. The van der Waals surface area contributed by atoms with Crippen LogP contribution in [0.2, 0.25) is 0 Å². The summed E-state index contributed by atoms with van der Waals surface area (Å²) in [6.07, 6.45) is 0.480. The van der Waals surface area contributed by atoms with E-state index in [0.717, 1.165) is 5.56 Å². The summed E-state index contributed by atoms with van der Waals surface area (Å²) in [5.74, 6) is 0.0801. The van der Waals surface area contributed by atoms with Gasteiger partial charge in [0.15, 0.2) is 5.78 Å². The van der Waals surface area contributed by atoms with Crippen molar-refractivity contribution in [2.75, 3.05) is 0 Å². The third kappa shape index (κ3) is 1.94. The summed E-state index contributed by atoms with van der Waals surface area (Å²) in [4.78, 5) is 11.3. The molecular weight excluding hydrogens is 162 g/mol. The molecule has 0 radical (unpaired) electrons. The molecule has 1 rings (SSSR count). The summed E-state index contributed by atoms with van der Waals surface area (Å²) in [6, 6.07) is 7.29. The van der Waals surface area contributed by atoms with Crippen LogP contribution in [-0.4, -0.2) is 5.78 Å². The molecule has 2 nitrogen and oxygen atoms in total. The minimum absolute atomic E-state index is 0.0801. The second kappa shape index (κ2) is 3.86. The number of benzene rings is 1. The Balaban J connectivity index is 3.15. The van der Waals surface area contributed by atoms with Gasteiger partial charge in [-0.3, -0.25) is 4.79 Å². The first-order valence-electron chi connectivity index (χ1n) is 4.23. The number of ketones is 1. The summed E-state index contributed by atoms with van der Waals surface area (Å²) in [5.41, 5.74) is 2.12. The summed E-state index contributed by atoms with van der Waals surface area (Å²) in [6.45, 7) is 3.67. The van der Waals surface area contributed by atoms with Gasteiger partial charge in [0, 0.05) is 12.0 Å². The predicted molar refractivity (Wildman–Crippen MR) is 50.5 cm³/mol. The van der Waals surface area contributed by atoms with Crippen molar-refractivity contribution in [2.45, 2.75) is 20.3 Å². The number of rotatable bonds is 2. The largest absolute Gasteiger partial charge is 0.294 e. The molecule has 0 heterocycles. The molecule has 0 N–H and O–H groups in total. The number of Topliss-reactive ketones (excluding diaryl/α,β-unsaturated/α-hetero) is 1. The normalized spacial score (nSPS) is 9.31. The van der Waals surface area contributed by atoms with Crippen LogP contribution in [0.5, 0.6) is 0 Å². The lowest BCUT2D eigenvalue weighted by Gasteiger charge is -2.00. The zero-order chi connectivity index (χ0) is 9.84. The van der Waals surface area contributed by atoms with Gasteiger partial charge >= 0.3 is 0 Å². The van der Waals surface area contributed by atoms with Crippen molar-refractivity contribution in [3.8, 4) is 6.07 Å². The van der Waals surface area contributed by atoms with Gasteiger partial charge in [-0.2, -0.15) is 5.26 Å². The lowest BCUT2D eigenvalue weighted by Crippen LogP contribution is -1.97. The fourth-order valence-corrected chi connectivity index (χ4v) is 1.12. The van der Waals surface area contributed by atoms with Crippen LogP contribution in [0.3, 0.4) is 0 Å². The number of nitriles is 1. The van der Waals surface area contributed by atoms with Crippen molar-refractivity contribution in [1.82, 2.24) is 0 Å². The molecule has 66 valence electrons. The predicted octanol–water partition coefficient (Wildman–Crippen LogP) is 2.46. The molecule has 0 amide bonds. The van der Waals surface area contributed by atoms with Gasteiger partial charge in [0.1, 0.15) is 0 Å². The molecule has 0 fully saturated rings. The smallest absolute Gasteiger partial charge is 0.162 e. The second-order valence-electron chi connectivity index (χ2n) is 2.92. The molecule has 0 saturated carbocycles. The molecule has 1 aromatic rings. The zero-order valence-electron chi connectivity index (χ0n) is 7.79. The fourth-order valence-electron chi connectivity index (χ4n) is 1.12. The van der Waals surface area contributed by atoms with Crippen molar-refractivity contribution < 1.29 is 4.79 Å². The number of carbonyl (C=O) groups is 1. The van der Waals surface area contributed by atoms with E-state index in [1.807, 2.05) is 13.8 Å². The summed E-state index contributed by atoms with van der Waals surface area (Å²) < 4.78 is 0. The first-order valence-corrected chi connectivity index (χ1v) is 4.23. The Labute approximate surface area is 77.8 Å². The minimum Gasteiger partial charge on any atom is -0.294 e. The van der Waals surface area contributed by atoms with Gasteiger partial charge in [-0.1, -0.05) is 19.1 Å². The molecule has 0 unspecified atom stereocenters. The lowest BCUT2D eigenvalue weighted by molar-refractivity contribution is 0.0988. The first kappa shape index (κ1) is 9.47. The highest BCUT2D eigenvalue weighted by atomic mass is 16.1. The summed E-state index contributed by atoms with van der Waals surface area (Å²) >= 11 is 0. The van der Waals surface area contributed by atoms with E-state index in [9.17, 15) is 4.79 Å². The van der Waals surface area contributed by atoms with Crippen LogP contribution in [-0.2, 0) is 0 Å². The third-order valence-electron chi connectivity index (χ3n) is 2.00. The van der Waals surface area contributed by atoms with E-state index < -0.39 is 0 Å². The Kier molecular flexibility index (Phi) is 2.81. The average molecular weight is 173 g/mol. The topological polar surface area (TPSA) is 40.9 Å². The Morgan fingerprint density at radius 2 is 2.23 bits per heavy atom. The van der Waals surface area contributed by atoms with E-state index in [2.05, 4.69) is 6.07 Å². The summed E-state index contributed by atoms with van der Waals surface area (Å²) in [5, 5.41) is 8.74. The summed E-state index contributed by atoms with van der Waals surface area (Å²) in [7, 11) is 0. The molecule has 13 heavy (non-hydrogen) atoms. The molecule has 2 heteroatoms. The van der Waals surface area contributed by atoms with Crippen LogP contribution in [0.4, 0.5) is 0 Å². The molecular formula is C11H11NO. The van der Waals surface area contributed by atoms with Crippen LogP contribution in [0.15, 0.2) is 18.2 Å². The van der Waals surface area contributed by atoms with Crippen molar-refractivity contribution in [3.05, 3.63) is 34.9 Å². The minimum atomic E-state index is 0.0801. The number of hydrogen-bond donors (Lipinski definition) is 0. The van der Waals surface area contributed by atoms with Crippen molar-refractivity contribution in [1.29, 1.82) is 5.26 Å². The number of nitrogens with zero attached hydrogens (tertiary/aromatic N) is 1. The second-order valence-corrected chi connectivity index (χ2v) is 2.92. The standard InChI is InChI=1S/C11H11NO/c1-3-11(13)9-5-4-8(2)10(6-9)7-12/h4-6H,3H2,1-2H3. The monoisotopic (exact) mass is 173 g/mol. The van der Waals surface area contributed by atoms with Crippen molar-refractivity contribution in [2.24, 2.45) is 0 Å². The fraction of sp³-hybridized carbons (Fsp3) is 0.273. The molecule has 0 aromatic heterocycles. The van der Waals surface area contributed by atoms with Gasteiger partial charge in [-0.25, -0.2) is 0 Å². The number of aryl methyl sites for hydroxylation is 1. The molecule has 1 aromatic carbocycles. The molecule has 0 bridgehead atoms. The quantitative estimate of drug-likeness (QED) is 0.644. The molecule has 0 atom stereocenters. The first-order chi connectivity index (χ1) is 6.19. The average Bonchev–Trinajstić information content (AvgIpc) is 2.17. The molecule has 0 aliphatic rings. The zero-order valence-corrected chi connectivity index (χ0v) is 7.79. The van der Waals surface area contributed by atoms with E-state index in [0.29, 0.717) is 17.5 Å². The van der Waals surface area contributed by atoms with Gasteiger partial charge in [-0.15, -0.1) is 0 Å². The van der Waals surface area contributed by atoms with Crippen LogP contribution < -0.4 is 0 Å². The van der Waals surface area contributed by atoms with E-state index in [1.165, 1.54) is 0 Å². The van der Waals surface area contributed by atoms with Crippen LogP contribution in [0, 0.1) is 18.3 Å². The lowest BCUT2D eigenvalue weighted by atomic mass is 10.0. The van der Waals surface area contributed by atoms with Gasteiger partial charge in [0.25, 0.3) is 0 Å². The maximum Gasteiger partial charge on any atom is 0.162 e.